The minimum atomic E-state index is -0.759. The van der Waals surface area contributed by atoms with Gasteiger partial charge < -0.3 is 20.1 Å². The predicted molar refractivity (Wildman–Crippen MR) is 121 cm³/mol. The van der Waals surface area contributed by atoms with Crippen LogP contribution in [0.2, 0.25) is 0 Å². The second-order valence-corrected chi connectivity index (χ2v) is 8.90. The molecule has 0 unspecified atom stereocenters. The van der Waals surface area contributed by atoms with E-state index in [1.54, 1.807) is 26.2 Å². The number of esters is 1. The summed E-state index contributed by atoms with van der Waals surface area (Å²) in [5.74, 6) is -1.53. The van der Waals surface area contributed by atoms with Crippen LogP contribution in [-0.2, 0) is 30.3 Å². The topological polar surface area (TPSA) is 112 Å². The molecule has 2 heterocycles. The summed E-state index contributed by atoms with van der Waals surface area (Å²) < 4.78 is 11.3. The summed E-state index contributed by atoms with van der Waals surface area (Å²) in [5.41, 5.74) is 5.78. The van der Waals surface area contributed by atoms with Crippen molar-refractivity contribution in [1.82, 2.24) is 9.88 Å². The summed E-state index contributed by atoms with van der Waals surface area (Å²) in [6, 6.07) is 3.08. The fourth-order valence-electron chi connectivity index (χ4n) is 3.59. The standard InChI is InChI=1S/C24H37N3O5/c1-4-24(2,3)21(28)22(29)27-14-6-5-9-20(27)23(30)32-19(17-31-15-12-25)11-10-18-8-7-13-26-16-18/h7-8,13,16,19-20H,4-6,9-12,14-15,17,25H2,1-3H3/t19-,20+/m1/s1. The van der Waals surface area contributed by atoms with Gasteiger partial charge in [0, 0.05) is 30.9 Å². The quantitative estimate of drug-likeness (QED) is 0.297. The Bertz CT molecular complexity index is 753. The first-order valence-corrected chi connectivity index (χ1v) is 11.5. The molecule has 0 spiro atoms. The lowest BCUT2D eigenvalue weighted by atomic mass is 9.84. The van der Waals surface area contributed by atoms with Crippen LogP contribution in [-0.4, -0.2) is 66.0 Å². The molecule has 178 valence electrons. The van der Waals surface area contributed by atoms with Gasteiger partial charge in [-0.25, -0.2) is 4.79 Å². The summed E-state index contributed by atoms with van der Waals surface area (Å²) in [6.45, 7) is 6.75. The van der Waals surface area contributed by atoms with E-state index in [-0.39, 0.29) is 6.61 Å². The van der Waals surface area contributed by atoms with E-state index >= 15 is 0 Å². The van der Waals surface area contributed by atoms with Crippen molar-refractivity contribution in [2.24, 2.45) is 11.1 Å². The molecule has 0 saturated carbocycles. The molecule has 32 heavy (non-hydrogen) atoms. The number of piperidine rings is 1. The number of aryl methyl sites for hydroxylation is 1. The third kappa shape index (κ3) is 7.38. The minimum Gasteiger partial charge on any atom is -0.458 e. The molecule has 8 heteroatoms. The maximum Gasteiger partial charge on any atom is 0.329 e. The molecule has 1 aromatic rings. The zero-order valence-corrected chi connectivity index (χ0v) is 19.5. The van der Waals surface area contributed by atoms with Gasteiger partial charge in [-0.2, -0.15) is 0 Å². The smallest absolute Gasteiger partial charge is 0.329 e. The number of hydrogen-bond donors (Lipinski definition) is 1. The molecule has 2 rings (SSSR count). The van der Waals surface area contributed by atoms with Gasteiger partial charge in [0.2, 0.25) is 5.78 Å². The van der Waals surface area contributed by atoms with Crippen LogP contribution in [0.25, 0.3) is 0 Å². The maximum atomic E-state index is 13.1. The molecule has 1 fully saturated rings. The second-order valence-electron chi connectivity index (χ2n) is 8.90. The number of ketones is 1. The van der Waals surface area contributed by atoms with E-state index in [2.05, 4.69) is 4.98 Å². The molecule has 0 aliphatic carbocycles. The molecule has 1 saturated heterocycles. The first-order chi connectivity index (χ1) is 15.3. The summed E-state index contributed by atoms with van der Waals surface area (Å²) >= 11 is 0. The highest BCUT2D eigenvalue weighted by Crippen LogP contribution is 2.26. The third-order valence-corrected chi connectivity index (χ3v) is 6.06. The second kappa shape index (κ2) is 12.6. The van der Waals surface area contributed by atoms with E-state index in [4.69, 9.17) is 15.2 Å². The highest BCUT2D eigenvalue weighted by Gasteiger charge is 2.41. The first kappa shape index (κ1) is 25.9. The summed E-state index contributed by atoms with van der Waals surface area (Å²) in [4.78, 5) is 44.3. The number of likely N-dealkylation sites (tertiary alicyclic amines) is 1. The number of rotatable bonds is 12. The largest absolute Gasteiger partial charge is 0.458 e. The number of nitrogens with two attached hydrogens (primary N) is 1. The van der Waals surface area contributed by atoms with E-state index in [9.17, 15) is 14.4 Å². The van der Waals surface area contributed by atoms with Crippen LogP contribution in [0.5, 0.6) is 0 Å². The Balaban J connectivity index is 2.07. The fraction of sp³-hybridized carbons (Fsp3) is 0.667. The lowest BCUT2D eigenvalue weighted by molar-refractivity contribution is -0.166. The van der Waals surface area contributed by atoms with Gasteiger partial charge in [-0.05, 0) is 50.2 Å². The average Bonchev–Trinajstić information content (AvgIpc) is 2.82. The third-order valence-electron chi connectivity index (χ3n) is 6.06. The van der Waals surface area contributed by atoms with Crippen molar-refractivity contribution in [3.63, 3.8) is 0 Å². The molecule has 1 amide bonds. The van der Waals surface area contributed by atoms with Gasteiger partial charge in [-0.3, -0.25) is 14.6 Å². The van der Waals surface area contributed by atoms with Crippen LogP contribution in [0.1, 0.15) is 58.4 Å². The number of pyridine rings is 1. The SMILES string of the molecule is CCC(C)(C)C(=O)C(=O)N1CCCC[C@H]1C(=O)O[C@H](CCc1cccnc1)COCCN. The van der Waals surface area contributed by atoms with Crippen molar-refractivity contribution in [3.8, 4) is 0 Å². The zero-order chi connectivity index (χ0) is 23.6. The van der Waals surface area contributed by atoms with Gasteiger partial charge >= 0.3 is 5.97 Å². The minimum absolute atomic E-state index is 0.228. The Hall–Kier alpha value is -2.32. The number of Topliss-reactive ketones (excluding diaryl/α,β-unsaturated/α-hetero) is 1. The highest BCUT2D eigenvalue weighted by atomic mass is 16.6. The molecule has 8 nitrogen and oxygen atoms in total. The van der Waals surface area contributed by atoms with Crippen LogP contribution < -0.4 is 5.73 Å². The number of amides is 1. The fourth-order valence-corrected chi connectivity index (χ4v) is 3.59. The molecule has 0 bridgehead atoms. The molecule has 1 aliphatic rings. The van der Waals surface area contributed by atoms with E-state index in [0.717, 1.165) is 18.4 Å². The Morgan fingerprint density at radius 3 is 2.75 bits per heavy atom. The molecular formula is C24H37N3O5. The van der Waals surface area contributed by atoms with Gasteiger partial charge in [0.1, 0.15) is 12.1 Å². The van der Waals surface area contributed by atoms with Crippen LogP contribution in [0, 0.1) is 5.41 Å². The summed E-state index contributed by atoms with van der Waals surface area (Å²) in [5, 5.41) is 0. The van der Waals surface area contributed by atoms with E-state index in [0.29, 0.717) is 45.4 Å². The summed E-state index contributed by atoms with van der Waals surface area (Å²) in [6.07, 6.45) is 6.86. The molecular weight excluding hydrogens is 410 g/mol. The van der Waals surface area contributed by atoms with Crippen molar-refractivity contribution in [3.05, 3.63) is 30.1 Å². The zero-order valence-electron chi connectivity index (χ0n) is 19.5. The summed E-state index contributed by atoms with van der Waals surface area (Å²) in [7, 11) is 0. The van der Waals surface area contributed by atoms with E-state index < -0.39 is 35.2 Å². The predicted octanol–water partition coefficient (Wildman–Crippen LogP) is 2.29. The van der Waals surface area contributed by atoms with Gasteiger partial charge in [-0.1, -0.05) is 26.8 Å². The molecule has 0 aromatic carbocycles. The Morgan fingerprint density at radius 1 is 1.31 bits per heavy atom. The molecule has 0 radical (unpaired) electrons. The van der Waals surface area contributed by atoms with Gasteiger partial charge in [-0.15, -0.1) is 0 Å². The Morgan fingerprint density at radius 2 is 2.09 bits per heavy atom. The first-order valence-electron chi connectivity index (χ1n) is 11.5. The normalized spacial score (nSPS) is 17.6. The van der Waals surface area contributed by atoms with Gasteiger partial charge in [0.15, 0.2) is 0 Å². The lowest BCUT2D eigenvalue weighted by Gasteiger charge is -2.36. The van der Waals surface area contributed by atoms with E-state index in [1.807, 2.05) is 19.1 Å². The van der Waals surface area contributed by atoms with Gasteiger partial charge in [0.25, 0.3) is 5.91 Å². The lowest BCUT2D eigenvalue weighted by Crippen LogP contribution is -2.53. The Kier molecular flexibility index (Phi) is 10.3. The van der Waals surface area contributed by atoms with E-state index in [1.165, 1.54) is 4.90 Å². The van der Waals surface area contributed by atoms with Gasteiger partial charge in [0.05, 0.1) is 13.2 Å². The number of carbonyl (C=O) groups excluding carboxylic acids is 3. The van der Waals surface area contributed by atoms with Crippen molar-refractivity contribution in [2.75, 3.05) is 26.3 Å². The Labute approximate surface area is 190 Å². The maximum absolute atomic E-state index is 13.1. The van der Waals surface area contributed by atoms with Crippen LogP contribution in [0.4, 0.5) is 0 Å². The van der Waals surface area contributed by atoms with Crippen LogP contribution in [0.3, 0.4) is 0 Å². The number of ether oxygens (including phenoxy) is 2. The van der Waals surface area contributed by atoms with Crippen LogP contribution >= 0.6 is 0 Å². The highest BCUT2D eigenvalue weighted by molar-refractivity contribution is 6.38. The number of hydrogen-bond acceptors (Lipinski definition) is 7. The molecule has 1 aromatic heterocycles. The number of aromatic nitrogens is 1. The van der Waals surface area contributed by atoms with Crippen molar-refractivity contribution >= 4 is 17.7 Å². The van der Waals surface area contributed by atoms with Crippen molar-refractivity contribution in [1.29, 1.82) is 0 Å². The number of nitrogens with zero attached hydrogens (tertiary/aromatic N) is 2. The van der Waals surface area contributed by atoms with Crippen molar-refractivity contribution < 1.29 is 23.9 Å². The molecule has 2 atom stereocenters. The molecule has 1 aliphatic heterocycles. The van der Waals surface area contributed by atoms with Crippen LogP contribution in [0.15, 0.2) is 24.5 Å². The molecule has 2 N–H and O–H groups in total. The number of carbonyl (C=O) groups is 3. The van der Waals surface area contributed by atoms with Crippen molar-refractivity contribution in [2.45, 2.75) is 71.4 Å². The monoisotopic (exact) mass is 447 g/mol. The average molecular weight is 448 g/mol.